The van der Waals surface area contributed by atoms with Crippen molar-refractivity contribution >= 4 is 5.91 Å². The highest BCUT2D eigenvalue weighted by Crippen LogP contribution is 1.97. The van der Waals surface area contributed by atoms with Gasteiger partial charge in [-0.25, -0.2) is 5.84 Å². The smallest absolute Gasteiger partial charge is 0.253 e. The molecule has 3 N–H and O–H groups in total. The monoisotopic (exact) mass is 219 g/mol. The summed E-state index contributed by atoms with van der Waals surface area (Å²) in [6, 6.07) is -0.375. The lowest BCUT2D eigenvalue weighted by Gasteiger charge is -2.25. The van der Waals surface area contributed by atoms with Crippen molar-refractivity contribution < 1.29 is 14.3 Å². The van der Waals surface area contributed by atoms with E-state index in [0.717, 1.165) is 0 Å². The standard InChI is InChI=1S/C9H21N3O3/c1-4-15-6-5-12(2)8(7-14-3)9(13)11-10/h8H,4-7,10H2,1-3H3,(H,11,13). The molecule has 0 saturated carbocycles. The summed E-state index contributed by atoms with van der Waals surface area (Å²) >= 11 is 0. The normalized spacial score (nSPS) is 12.9. The van der Waals surface area contributed by atoms with Crippen molar-refractivity contribution in [3.63, 3.8) is 0 Å². The number of nitrogens with one attached hydrogen (secondary N) is 1. The average Bonchev–Trinajstić information content (AvgIpc) is 2.25. The Hall–Kier alpha value is -0.690. The molecule has 6 heteroatoms. The van der Waals surface area contributed by atoms with Gasteiger partial charge in [0.05, 0.1) is 13.2 Å². The van der Waals surface area contributed by atoms with Gasteiger partial charge in [0.25, 0.3) is 5.91 Å². The largest absolute Gasteiger partial charge is 0.383 e. The number of amides is 1. The molecule has 15 heavy (non-hydrogen) atoms. The number of nitrogens with zero attached hydrogens (tertiary/aromatic N) is 1. The van der Waals surface area contributed by atoms with Crippen LogP contribution in [0.3, 0.4) is 0 Å². The van der Waals surface area contributed by atoms with Crippen LogP contribution in [0.15, 0.2) is 0 Å². The number of carbonyl (C=O) groups excluding carboxylic acids is 1. The zero-order chi connectivity index (χ0) is 11.7. The third-order valence-corrected chi connectivity index (χ3v) is 2.09. The molecule has 0 aliphatic carbocycles. The predicted octanol–water partition coefficient (Wildman–Crippen LogP) is -1.04. The lowest BCUT2D eigenvalue weighted by atomic mass is 10.2. The Kier molecular flexibility index (Phi) is 8.21. The minimum Gasteiger partial charge on any atom is -0.383 e. The van der Waals surface area contributed by atoms with Crippen LogP contribution in [0.5, 0.6) is 0 Å². The number of rotatable bonds is 8. The van der Waals surface area contributed by atoms with Gasteiger partial charge in [-0.05, 0) is 14.0 Å². The van der Waals surface area contributed by atoms with Crippen LogP contribution in [0.4, 0.5) is 0 Å². The molecule has 1 unspecified atom stereocenters. The molecule has 0 heterocycles. The third-order valence-electron chi connectivity index (χ3n) is 2.09. The van der Waals surface area contributed by atoms with Gasteiger partial charge in [0.2, 0.25) is 0 Å². The molecular formula is C9H21N3O3. The second-order valence-corrected chi connectivity index (χ2v) is 3.16. The van der Waals surface area contributed by atoms with E-state index >= 15 is 0 Å². The molecule has 6 nitrogen and oxygen atoms in total. The Labute approximate surface area is 90.7 Å². The quantitative estimate of drug-likeness (QED) is 0.236. The van der Waals surface area contributed by atoms with E-state index in [1.807, 2.05) is 18.9 Å². The van der Waals surface area contributed by atoms with Crippen LogP contribution in [0.25, 0.3) is 0 Å². The van der Waals surface area contributed by atoms with Crippen molar-refractivity contribution in [2.75, 3.05) is 40.5 Å². The number of hydrogen-bond acceptors (Lipinski definition) is 5. The van der Waals surface area contributed by atoms with Gasteiger partial charge in [0.15, 0.2) is 0 Å². The van der Waals surface area contributed by atoms with Gasteiger partial charge in [-0.15, -0.1) is 0 Å². The highest BCUT2D eigenvalue weighted by Gasteiger charge is 2.21. The SMILES string of the molecule is CCOCCN(C)C(COC)C(=O)NN. The van der Waals surface area contributed by atoms with E-state index < -0.39 is 0 Å². The van der Waals surface area contributed by atoms with E-state index in [2.05, 4.69) is 5.43 Å². The zero-order valence-corrected chi connectivity index (χ0v) is 9.66. The molecule has 0 aliphatic rings. The van der Waals surface area contributed by atoms with Crippen molar-refractivity contribution in [2.24, 2.45) is 5.84 Å². The van der Waals surface area contributed by atoms with E-state index in [0.29, 0.717) is 26.4 Å². The summed E-state index contributed by atoms with van der Waals surface area (Å²) in [5, 5.41) is 0. The second kappa shape index (κ2) is 8.60. The highest BCUT2D eigenvalue weighted by atomic mass is 16.5. The van der Waals surface area contributed by atoms with Crippen LogP contribution in [0, 0.1) is 0 Å². The number of hydrazine groups is 1. The molecular weight excluding hydrogens is 198 g/mol. The lowest BCUT2D eigenvalue weighted by molar-refractivity contribution is -0.128. The fraction of sp³-hybridized carbons (Fsp3) is 0.889. The molecule has 0 aliphatic heterocycles. The van der Waals surface area contributed by atoms with Crippen molar-refractivity contribution in [3.8, 4) is 0 Å². The number of methoxy groups -OCH3 is 1. The van der Waals surface area contributed by atoms with Crippen LogP contribution in [0.2, 0.25) is 0 Å². The number of hydrogen-bond donors (Lipinski definition) is 2. The van der Waals surface area contributed by atoms with Gasteiger partial charge >= 0.3 is 0 Å². The first-order valence-electron chi connectivity index (χ1n) is 4.94. The molecule has 1 atom stereocenters. The number of nitrogens with two attached hydrogens (primary N) is 1. The maximum atomic E-state index is 11.4. The topological polar surface area (TPSA) is 76.8 Å². The molecule has 0 saturated heterocycles. The van der Waals surface area contributed by atoms with Crippen LogP contribution in [-0.2, 0) is 14.3 Å². The fourth-order valence-electron chi connectivity index (χ4n) is 1.17. The molecule has 0 aromatic carbocycles. The van der Waals surface area contributed by atoms with Crippen molar-refractivity contribution in [3.05, 3.63) is 0 Å². The Morgan fingerprint density at radius 3 is 2.73 bits per heavy atom. The van der Waals surface area contributed by atoms with E-state index in [1.165, 1.54) is 0 Å². The maximum Gasteiger partial charge on any atom is 0.253 e. The number of ether oxygens (including phenoxy) is 2. The number of likely N-dealkylation sites (N-methyl/N-ethyl adjacent to an activating group) is 1. The van der Waals surface area contributed by atoms with Crippen LogP contribution >= 0.6 is 0 Å². The lowest BCUT2D eigenvalue weighted by Crippen LogP contribution is -2.50. The third kappa shape index (κ3) is 5.68. The van der Waals surface area contributed by atoms with Gasteiger partial charge in [-0.1, -0.05) is 0 Å². The van der Waals surface area contributed by atoms with Crippen LogP contribution in [0.1, 0.15) is 6.92 Å². The van der Waals surface area contributed by atoms with Crippen LogP contribution in [-0.4, -0.2) is 57.4 Å². The van der Waals surface area contributed by atoms with Gasteiger partial charge in [0, 0.05) is 20.3 Å². The summed E-state index contributed by atoms with van der Waals surface area (Å²) in [7, 11) is 3.38. The Morgan fingerprint density at radius 2 is 2.27 bits per heavy atom. The fourth-order valence-corrected chi connectivity index (χ4v) is 1.17. The summed E-state index contributed by atoms with van der Waals surface area (Å²) in [6.45, 7) is 4.16. The summed E-state index contributed by atoms with van der Waals surface area (Å²) in [4.78, 5) is 13.2. The zero-order valence-electron chi connectivity index (χ0n) is 9.66. The van der Waals surface area contributed by atoms with Gasteiger partial charge in [-0.2, -0.15) is 0 Å². The molecule has 0 fully saturated rings. The van der Waals surface area contributed by atoms with Gasteiger partial charge < -0.3 is 9.47 Å². The summed E-state index contributed by atoms with van der Waals surface area (Å²) in [5.41, 5.74) is 2.12. The molecule has 0 spiro atoms. The molecule has 0 bridgehead atoms. The van der Waals surface area contributed by atoms with E-state index in [1.54, 1.807) is 7.11 Å². The Bertz CT molecular complexity index is 178. The first-order chi connectivity index (χ1) is 7.17. The minimum atomic E-state index is -0.375. The van der Waals surface area contributed by atoms with Gasteiger partial charge in [-0.3, -0.25) is 15.1 Å². The average molecular weight is 219 g/mol. The van der Waals surface area contributed by atoms with Gasteiger partial charge in [0.1, 0.15) is 6.04 Å². The Balaban J connectivity index is 4.03. The second-order valence-electron chi connectivity index (χ2n) is 3.16. The first kappa shape index (κ1) is 14.3. The van der Waals surface area contributed by atoms with Crippen LogP contribution < -0.4 is 11.3 Å². The molecule has 0 rings (SSSR count). The van der Waals surface area contributed by atoms with Crippen molar-refractivity contribution in [1.29, 1.82) is 0 Å². The summed E-state index contributed by atoms with van der Waals surface area (Å²) in [5.74, 6) is 4.83. The first-order valence-corrected chi connectivity index (χ1v) is 4.94. The van der Waals surface area contributed by atoms with E-state index in [9.17, 15) is 4.79 Å². The molecule has 90 valence electrons. The molecule has 0 aromatic rings. The summed E-state index contributed by atoms with van der Waals surface area (Å²) in [6.07, 6.45) is 0. The van der Waals surface area contributed by atoms with Crippen molar-refractivity contribution in [1.82, 2.24) is 10.3 Å². The maximum absolute atomic E-state index is 11.4. The molecule has 0 radical (unpaired) electrons. The van der Waals surface area contributed by atoms with Crippen molar-refractivity contribution in [2.45, 2.75) is 13.0 Å². The molecule has 0 aromatic heterocycles. The van der Waals surface area contributed by atoms with E-state index in [4.69, 9.17) is 15.3 Å². The predicted molar refractivity (Wildman–Crippen MR) is 57.1 cm³/mol. The highest BCUT2D eigenvalue weighted by molar-refractivity contribution is 5.81. The summed E-state index contributed by atoms with van der Waals surface area (Å²) < 4.78 is 10.2. The number of carbonyl (C=O) groups is 1. The minimum absolute atomic E-state index is 0.254. The molecule has 1 amide bonds. The van der Waals surface area contributed by atoms with E-state index in [-0.39, 0.29) is 11.9 Å². The Morgan fingerprint density at radius 1 is 1.60 bits per heavy atom.